The maximum Gasteiger partial charge on any atom is 0.374 e. The second-order valence-corrected chi connectivity index (χ2v) is 2.68. The third-order valence-electron chi connectivity index (χ3n) is 1.87. The maximum atomic E-state index is 13.3. The molecular formula is C9H7FN2O2. The first-order valence-corrected chi connectivity index (χ1v) is 3.94. The minimum atomic E-state index is -0.657. The summed E-state index contributed by atoms with van der Waals surface area (Å²) in [5.74, 6) is -1.25. The molecule has 0 aromatic carbocycles. The van der Waals surface area contributed by atoms with Crippen molar-refractivity contribution >= 4 is 11.5 Å². The van der Waals surface area contributed by atoms with Crippen molar-refractivity contribution in [2.24, 2.45) is 0 Å². The monoisotopic (exact) mass is 194 g/mol. The Hall–Kier alpha value is -1.91. The van der Waals surface area contributed by atoms with Gasteiger partial charge in [-0.15, -0.1) is 0 Å². The minimum Gasteiger partial charge on any atom is -0.463 e. The van der Waals surface area contributed by atoms with Crippen LogP contribution in [0.25, 0.3) is 5.52 Å². The van der Waals surface area contributed by atoms with Gasteiger partial charge in [0, 0.05) is 0 Å². The highest BCUT2D eigenvalue weighted by molar-refractivity contribution is 5.86. The van der Waals surface area contributed by atoms with Crippen LogP contribution < -0.4 is 0 Å². The SMILES string of the molecule is COC(=O)c1ncc2cccc(F)n12. The first-order chi connectivity index (χ1) is 6.74. The van der Waals surface area contributed by atoms with E-state index >= 15 is 0 Å². The van der Waals surface area contributed by atoms with Crippen LogP contribution in [0.3, 0.4) is 0 Å². The Kier molecular flexibility index (Phi) is 1.92. The Morgan fingerprint density at radius 1 is 1.57 bits per heavy atom. The number of carbonyl (C=O) groups excluding carboxylic acids is 1. The molecule has 2 aromatic rings. The van der Waals surface area contributed by atoms with Gasteiger partial charge in [0.1, 0.15) is 0 Å². The Morgan fingerprint density at radius 3 is 3.07 bits per heavy atom. The topological polar surface area (TPSA) is 43.6 Å². The molecule has 0 aliphatic rings. The number of imidazole rings is 1. The van der Waals surface area contributed by atoms with E-state index in [2.05, 4.69) is 9.72 Å². The number of fused-ring (bicyclic) bond motifs is 1. The Morgan fingerprint density at radius 2 is 2.36 bits per heavy atom. The standard InChI is InChI=1S/C9H7FN2O2/c1-14-9(13)8-11-5-6-3-2-4-7(10)12(6)8/h2-5H,1H3. The van der Waals surface area contributed by atoms with Crippen molar-refractivity contribution in [3.05, 3.63) is 36.2 Å². The van der Waals surface area contributed by atoms with E-state index in [0.717, 1.165) is 4.40 Å². The number of methoxy groups -OCH3 is 1. The number of hydrogen-bond donors (Lipinski definition) is 0. The highest BCUT2D eigenvalue weighted by Crippen LogP contribution is 2.10. The summed E-state index contributed by atoms with van der Waals surface area (Å²) in [5.41, 5.74) is 0.519. The van der Waals surface area contributed by atoms with E-state index < -0.39 is 11.9 Å². The molecule has 0 amide bonds. The maximum absolute atomic E-state index is 13.3. The summed E-state index contributed by atoms with van der Waals surface area (Å²) in [5, 5.41) is 0. The number of aromatic nitrogens is 2. The normalized spacial score (nSPS) is 10.4. The predicted molar refractivity (Wildman–Crippen MR) is 46.5 cm³/mol. The first kappa shape index (κ1) is 8.68. The van der Waals surface area contributed by atoms with Gasteiger partial charge in [-0.1, -0.05) is 6.07 Å². The van der Waals surface area contributed by atoms with Crippen LogP contribution in [0.1, 0.15) is 10.6 Å². The molecule has 14 heavy (non-hydrogen) atoms. The zero-order chi connectivity index (χ0) is 10.1. The molecule has 0 saturated heterocycles. The fraction of sp³-hybridized carbons (Fsp3) is 0.111. The van der Waals surface area contributed by atoms with E-state index in [1.165, 1.54) is 19.4 Å². The van der Waals surface area contributed by atoms with Crippen LogP contribution in [0.5, 0.6) is 0 Å². The molecule has 0 spiro atoms. The van der Waals surface area contributed by atoms with Crippen molar-refractivity contribution in [3.63, 3.8) is 0 Å². The van der Waals surface area contributed by atoms with Gasteiger partial charge in [0.05, 0.1) is 18.8 Å². The molecule has 0 aliphatic heterocycles. The Balaban J connectivity index is 2.73. The van der Waals surface area contributed by atoms with Crippen molar-refractivity contribution in [2.45, 2.75) is 0 Å². The van der Waals surface area contributed by atoms with E-state index in [4.69, 9.17) is 0 Å². The summed E-state index contributed by atoms with van der Waals surface area (Å²) < 4.78 is 18.9. The lowest BCUT2D eigenvalue weighted by Gasteiger charge is -1.99. The van der Waals surface area contributed by atoms with Crippen LogP contribution in [0, 0.1) is 5.95 Å². The van der Waals surface area contributed by atoms with Gasteiger partial charge in [-0.3, -0.25) is 4.40 Å². The molecule has 0 aliphatic carbocycles. The number of esters is 1. The summed E-state index contributed by atoms with van der Waals surface area (Å²) in [4.78, 5) is 14.9. The minimum absolute atomic E-state index is 0.0550. The van der Waals surface area contributed by atoms with Crippen LogP contribution in [-0.2, 0) is 4.74 Å². The quantitative estimate of drug-likeness (QED) is 0.507. The first-order valence-electron chi connectivity index (χ1n) is 3.94. The Labute approximate surface area is 78.9 Å². The average molecular weight is 194 g/mol. The molecule has 2 rings (SSSR count). The fourth-order valence-corrected chi connectivity index (χ4v) is 1.24. The third kappa shape index (κ3) is 1.14. The van der Waals surface area contributed by atoms with Crippen LogP contribution in [-0.4, -0.2) is 22.5 Å². The van der Waals surface area contributed by atoms with Crippen molar-refractivity contribution < 1.29 is 13.9 Å². The second-order valence-electron chi connectivity index (χ2n) is 2.68. The van der Waals surface area contributed by atoms with Gasteiger partial charge in [0.15, 0.2) is 5.95 Å². The molecule has 0 bridgehead atoms. The summed E-state index contributed by atoms with van der Waals surface area (Å²) in [6, 6.07) is 4.46. The molecule has 2 heterocycles. The number of ether oxygens (including phenoxy) is 1. The van der Waals surface area contributed by atoms with Gasteiger partial charge in [0.25, 0.3) is 0 Å². The molecule has 0 N–H and O–H groups in total. The van der Waals surface area contributed by atoms with Crippen molar-refractivity contribution in [1.82, 2.24) is 9.38 Å². The van der Waals surface area contributed by atoms with Crippen LogP contribution in [0.15, 0.2) is 24.4 Å². The number of pyridine rings is 1. The number of hydrogen-bond acceptors (Lipinski definition) is 3. The van der Waals surface area contributed by atoms with E-state index in [1.807, 2.05) is 0 Å². The number of carbonyl (C=O) groups is 1. The molecular weight excluding hydrogens is 187 g/mol. The molecule has 0 fully saturated rings. The highest BCUT2D eigenvalue weighted by Gasteiger charge is 2.14. The van der Waals surface area contributed by atoms with E-state index in [-0.39, 0.29) is 5.82 Å². The van der Waals surface area contributed by atoms with Crippen LogP contribution >= 0.6 is 0 Å². The molecule has 0 unspecified atom stereocenters. The summed E-state index contributed by atoms with van der Waals surface area (Å²) in [6.07, 6.45) is 1.41. The predicted octanol–water partition coefficient (Wildman–Crippen LogP) is 1.26. The smallest absolute Gasteiger partial charge is 0.374 e. The average Bonchev–Trinajstić information content (AvgIpc) is 2.62. The van der Waals surface area contributed by atoms with E-state index in [0.29, 0.717) is 5.52 Å². The van der Waals surface area contributed by atoms with E-state index in [9.17, 15) is 9.18 Å². The lowest BCUT2D eigenvalue weighted by Crippen LogP contribution is -2.08. The molecule has 72 valence electrons. The van der Waals surface area contributed by atoms with Gasteiger partial charge < -0.3 is 4.74 Å². The lowest BCUT2D eigenvalue weighted by atomic mass is 10.4. The van der Waals surface area contributed by atoms with Gasteiger partial charge in [-0.2, -0.15) is 4.39 Å². The highest BCUT2D eigenvalue weighted by atomic mass is 19.1. The van der Waals surface area contributed by atoms with Gasteiger partial charge in [-0.05, 0) is 12.1 Å². The van der Waals surface area contributed by atoms with Gasteiger partial charge in [0.2, 0.25) is 5.82 Å². The molecule has 0 atom stereocenters. The van der Waals surface area contributed by atoms with Crippen molar-refractivity contribution in [3.8, 4) is 0 Å². The number of rotatable bonds is 1. The Bertz CT molecular complexity index is 493. The van der Waals surface area contributed by atoms with Crippen molar-refractivity contribution in [1.29, 1.82) is 0 Å². The number of halogens is 1. The summed E-state index contributed by atoms with van der Waals surface area (Å²) in [7, 11) is 1.23. The van der Waals surface area contributed by atoms with Crippen molar-refractivity contribution in [2.75, 3.05) is 7.11 Å². The zero-order valence-electron chi connectivity index (χ0n) is 7.40. The molecule has 0 radical (unpaired) electrons. The third-order valence-corrected chi connectivity index (χ3v) is 1.87. The fourth-order valence-electron chi connectivity index (χ4n) is 1.24. The molecule has 2 aromatic heterocycles. The van der Waals surface area contributed by atoms with Gasteiger partial charge >= 0.3 is 5.97 Å². The largest absolute Gasteiger partial charge is 0.463 e. The number of nitrogens with zero attached hydrogens (tertiary/aromatic N) is 2. The summed E-state index contributed by atoms with van der Waals surface area (Å²) >= 11 is 0. The zero-order valence-corrected chi connectivity index (χ0v) is 7.40. The summed E-state index contributed by atoms with van der Waals surface area (Å²) in [6.45, 7) is 0. The lowest BCUT2D eigenvalue weighted by molar-refractivity contribution is 0.0584. The molecule has 0 saturated carbocycles. The van der Waals surface area contributed by atoms with Crippen LogP contribution in [0.2, 0.25) is 0 Å². The molecule has 4 nitrogen and oxygen atoms in total. The van der Waals surface area contributed by atoms with Crippen LogP contribution in [0.4, 0.5) is 4.39 Å². The van der Waals surface area contributed by atoms with Gasteiger partial charge in [-0.25, -0.2) is 9.78 Å². The second kappa shape index (κ2) is 3.10. The van der Waals surface area contributed by atoms with E-state index in [1.54, 1.807) is 12.1 Å². The molecule has 5 heteroatoms.